The Hall–Kier alpha value is -1.70. The second-order valence-corrected chi connectivity index (χ2v) is 4.19. The molecule has 1 rings (SSSR count). The highest BCUT2D eigenvalue weighted by molar-refractivity contribution is 9.10. The fraction of sp³-hybridized carbons (Fsp3) is 0.333. The minimum atomic E-state index is -1.22. The average Bonchev–Trinajstić information content (AvgIpc) is 2.25. The topological polar surface area (TPSA) is 98.4 Å². The van der Waals surface area contributed by atoms with Gasteiger partial charge in [-0.05, 0) is 22.9 Å². The molecule has 0 saturated carbocycles. The molecule has 7 nitrogen and oxygen atoms in total. The van der Waals surface area contributed by atoms with Crippen LogP contribution in [-0.4, -0.2) is 26.5 Å². The highest BCUT2D eigenvalue weighted by Gasteiger charge is 2.15. The largest absolute Gasteiger partial charge is 0.480 e. The van der Waals surface area contributed by atoms with E-state index in [1.165, 1.54) is 6.92 Å². The quantitative estimate of drug-likeness (QED) is 0.764. The van der Waals surface area contributed by atoms with Gasteiger partial charge in [0.25, 0.3) is 5.56 Å². The van der Waals surface area contributed by atoms with Crippen molar-refractivity contribution in [2.45, 2.75) is 19.5 Å². The van der Waals surface area contributed by atoms with Crippen LogP contribution < -0.4 is 11.2 Å². The molecule has 0 aliphatic rings. The van der Waals surface area contributed by atoms with E-state index >= 15 is 0 Å². The Kier molecular flexibility index (Phi) is 4.00. The summed E-state index contributed by atoms with van der Waals surface area (Å²) in [4.78, 5) is 44.5. The summed E-state index contributed by atoms with van der Waals surface area (Å²) in [6, 6.07) is -0.951. The number of carboxylic acids is 1. The predicted molar refractivity (Wildman–Crippen MR) is 61.1 cm³/mol. The summed E-state index contributed by atoms with van der Waals surface area (Å²) in [6.45, 7) is 0.788. The molecule has 0 radical (unpaired) electrons. The molecule has 0 aliphatic heterocycles. The van der Waals surface area contributed by atoms with Crippen molar-refractivity contribution in [1.82, 2.24) is 9.13 Å². The van der Waals surface area contributed by atoms with Crippen molar-refractivity contribution in [3.63, 3.8) is 0 Å². The van der Waals surface area contributed by atoms with Gasteiger partial charge in [-0.2, -0.15) is 0 Å². The number of nitrogens with zero attached hydrogens (tertiary/aromatic N) is 2. The number of hydrogen-bond acceptors (Lipinski definition) is 4. The fourth-order valence-corrected chi connectivity index (χ4v) is 1.70. The van der Waals surface area contributed by atoms with E-state index in [4.69, 9.17) is 5.11 Å². The normalized spacial score (nSPS) is 12.1. The summed E-state index contributed by atoms with van der Waals surface area (Å²) in [5.74, 6) is -1.22. The van der Waals surface area contributed by atoms with Gasteiger partial charge in [0.1, 0.15) is 12.8 Å². The van der Waals surface area contributed by atoms with Crippen LogP contribution in [0.4, 0.5) is 0 Å². The third-order valence-corrected chi connectivity index (χ3v) is 2.60. The van der Waals surface area contributed by atoms with Gasteiger partial charge in [0.05, 0.1) is 10.5 Å². The van der Waals surface area contributed by atoms with E-state index in [0.717, 1.165) is 10.8 Å². The van der Waals surface area contributed by atoms with Crippen molar-refractivity contribution in [2.75, 3.05) is 0 Å². The van der Waals surface area contributed by atoms with E-state index in [0.29, 0.717) is 10.9 Å². The molecule has 1 aromatic heterocycles. The van der Waals surface area contributed by atoms with Crippen molar-refractivity contribution in [1.29, 1.82) is 0 Å². The second-order valence-electron chi connectivity index (χ2n) is 3.33. The molecule has 17 heavy (non-hydrogen) atoms. The molecule has 0 saturated heterocycles. The Balaban J connectivity index is 3.54. The van der Waals surface area contributed by atoms with Gasteiger partial charge in [-0.1, -0.05) is 0 Å². The lowest BCUT2D eigenvalue weighted by Gasteiger charge is -2.11. The van der Waals surface area contributed by atoms with Gasteiger partial charge in [-0.25, -0.2) is 9.36 Å². The highest BCUT2D eigenvalue weighted by atomic mass is 79.9. The number of carbonyl (C=O) groups excluding carboxylic acids is 1. The van der Waals surface area contributed by atoms with Crippen LogP contribution in [0.5, 0.6) is 0 Å². The Labute approximate surface area is 103 Å². The third kappa shape index (κ3) is 2.70. The summed E-state index contributed by atoms with van der Waals surface area (Å²) in [5.41, 5.74) is -1.50. The van der Waals surface area contributed by atoms with Gasteiger partial charge in [0, 0.05) is 6.20 Å². The van der Waals surface area contributed by atoms with E-state index < -0.39 is 29.8 Å². The van der Waals surface area contributed by atoms with Crippen LogP contribution in [0.1, 0.15) is 13.0 Å². The van der Waals surface area contributed by atoms with Crippen LogP contribution >= 0.6 is 15.9 Å². The van der Waals surface area contributed by atoms with E-state index in [1.807, 2.05) is 0 Å². The standard InChI is InChI=1S/C9H9BrN2O5/c1-5(4-13)12-8(16)6(10)2-11(9(12)17)3-7(14)15/h2,4-5H,3H2,1H3,(H,14,15)/t5-/m0/s1. The molecule has 0 bridgehead atoms. The van der Waals surface area contributed by atoms with Crippen LogP contribution in [0.15, 0.2) is 20.3 Å². The smallest absolute Gasteiger partial charge is 0.332 e. The number of hydrogen-bond donors (Lipinski definition) is 1. The molecule has 0 aliphatic carbocycles. The molecule has 0 spiro atoms. The maximum absolute atomic E-state index is 11.8. The SMILES string of the molecule is C[C@@H](C=O)n1c(=O)c(Br)cn(CC(=O)O)c1=O. The minimum Gasteiger partial charge on any atom is -0.480 e. The fourth-order valence-electron chi connectivity index (χ4n) is 1.27. The number of halogens is 1. The van der Waals surface area contributed by atoms with E-state index in [9.17, 15) is 19.2 Å². The van der Waals surface area contributed by atoms with Crippen molar-refractivity contribution >= 4 is 28.2 Å². The van der Waals surface area contributed by atoms with Crippen molar-refractivity contribution < 1.29 is 14.7 Å². The van der Waals surface area contributed by atoms with Crippen LogP contribution in [-0.2, 0) is 16.1 Å². The molecule has 92 valence electrons. The lowest BCUT2D eigenvalue weighted by molar-refractivity contribution is -0.137. The van der Waals surface area contributed by atoms with Crippen molar-refractivity contribution in [3.8, 4) is 0 Å². The molecule has 0 amide bonds. The Morgan fingerprint density at radius 2 is 2.18 bits per heavy atom. The maximum Gasteiger partial charge on any atom is 0.332 e. The van der Waals surface area contributed by atoms with Crippen molar-refractivity contribution in [2.24, 2.45) is 0 Å². The molecule has 1 aromatic rings. The van der Waals surface area contributed by atoms with Gasteiger partial charge in [0.2, 0.25) is 0 Å². The minimum absolute atomic E-state index is 0.0204. The van der Waals surface area contributed by atoms with Crippen molar-refractivity contribution in [3.05, 3.63) is 31.5 Å². The lowest BCUT2D eigenvalue weighted by atomic mass is 10.3. The molecule has 1 heterocycles. The molecule has 0 aromatic carbocycles. The predicted octanol–water partition coefficient (Wildman–Crippen LogP) is -0.383. The summed E-state index contributed by atoms with van der Waals surface area (Å²) in [7, 11) is 0. The van der Waals surface area contributed by atoms with E-state index in [1.54, 1.807) is 0 Å². The zero-order chi connectivity index (χ0) is 13.2. The van der Waals surface area contributed by atoms with Crippen LogP contribution in [0.3, 0.4) is 0 Å². The highest BCUT2D eigenvalue weighted by Crippen LogP contribution is 2.02. The molecule has 0 unspecified atom stereocenters. The Bertz CT molecular complexity index is 574. The van der Waals surface area contributed by atoms with Gasteiger partial charge in [-0.15, -0.1) is 0 Å². The van der Waals surface area contributed by atoms with Gasteiger partial charge >= 0.3 is 11.7 Å². The first-order valence-electron chi connectivity index (χ1n) is 4.57. The number of aliphatic carboxylic acids is 1. The first-order valence-corrected chi connectivity index (χ1v) is 5.36. The average molecular weight is 305 g/mol. The van der Waals surface area contributed by atoms with Gasteiger partial charge < -0.3 is 9.90 Å². The Morgan fingerprint density at radius 1 is 1.59 bits per heavy atom. The zero-order valence-corrected chi connectivity index (χ0v) is 10.4. The third-order valence-electron chi connectivity index (χ3n) is 2.05. The Morgan fingerprint density at radius 3 is 2.65 bits per heavy atom. The van der Waals surface area contributed by atoms with Crippen LogP contribution in [0, 0.1) is 0 Å². The van der Waals surface area contributed by atoms with E-state index in [-0.39, 0.29) is 4.47 Å². The monoisotopic (exact) mass is 304 g/mol. The first-order chi connectivity index (χ1) is 7.88. The van der Waals surface area contributed by atoms with Gasteiger partial charge in [0.15, 0.2) is 0 Å². The molecule has 1 N–H and O–H groups in total. The van der Waals surface area contributed by atoms with Gasteiger partial charge in [-0.3, -0.25) is 14.2 Å². The number of carbonyl (C=O) groups is 2. The first kappa shape index (κ1) is 13.4. The summed E-state index contributed by atoms with van der Waals surface area (Å²) < 4.78 is 1.56. The molecular formula is C9H9BrN2O5. The maximum atomic E-state index is 11.8. The number of aldehydes is 1. The zero-order valence-electron chi connectivity index (χ0n) is 8.79. The summed E-state index contributed by atoms with van der Waals surface area (Å²) in [5, 5.41) is 8.61. The number of aromatic nitrogens is 2. The molecule has 0 fully saturated rings. The lowest BCUT2D eigenvalue weighted by Crippen LogP contribution is -2.42. The van der Waals surface area contributed by atoms with Crippen LogP contribution in [0.2, 0.25) is 0 Å². The molecular weight excluding hydrogens is 296 g/mol. The summed E-state index contributed by atoms with van der Waals surface area (Å²) in [6.07, 6.45) is 1.52. The van der Waals surface area contributed by atoms with Crippen LogP contribution in [0.25, 0.3) is 0 Å². The molecule has 1 atom stereocenters. The van der Waals surface area contributed by atoms with E-state index in [2.05, 4.69) is 15.9 Å². The molecule has 8 heteroatoms. The second kappa shape index (κ2) is 5.09. The number of rotatable bonds is 4. The number of carboxylic acid groups (broad SMARTS) is 1. The summed E-state index contributed by atoms with van der Waals surface area (Å²) >= 11 is 2.92.